The third-order valence-electron chi connectivity index (χ3n) is 2.67. The maximum atomic E-state index is 13.6. The van der Waals surface area contributed by atoms with Crippen LogP contribution >= 0.6 is 0 Å². The number of rotatable bonds is 4. The van der Waals surface area contributed by atoms with Gasteiger partial charge in [0.25, 0.3) is 0 Å². The molecule has 0 heterocycles. The monoisotopic (exact) mass is 221 g/mol. The normalized spacial score (nSPS) is 12.4. The summed E-state index contributed by atoms with van der Waals surface area (Å²) in [6.45, 7) is 2.40. The molecule has 0 saturated carbocycles. The van der Waals surface area contributed by atoms with Crippen LogP contribution in [0.4, 0.5) is 10.1 Å². The number of nitrogens with zero attached hydrogens (tertiary/aromatic N) is 2. The molecule has 1 rings (SSSR count). The van der Waals surface area contributed by atoms with E-state index in [1.807, 2.05) is 18.9 Å². The van der Waals surface area contributed by atoms with E-state index < -0.39 is 0 Å². The third-order valence-corrected chi connectivity index (χ3v) is 2.67. The van der Waals surface area contributed by atoms with Crippen molar-refractivity contribution in [2.75, 3.05) is 12.8 Å². The summed E-state index contributed by atoms with van der Waals surface area (Å²) in [7, 11) is 1.87. The molecular weight excluding hydrogens is 205 g/mol. The van der Waals surface area contributed by atoms with Crippen LogP contribution in [0.1, 0.15) is 18.9 Å². The van der Waals surface area contributed by atoms with Gasteiger partial charge in [-0.25, -0.2) is 4.39 Å². The highest BCUT2D eigenvalue weighted by Gasteiger charge is 2.12. The number of nitrogens with two attached hydrogens (primary N) is 1. The molecule has 0 radical (unpaired) electrons. The third kappa shape index (κ3) is 2.94. The predicted octanol–water partition coefficient (Wildman–Crippen LogP) is 2.14. The first-order valence-corrected chi connectivity index (χ1v) is 5.16. The van der Waals surface area contributed by atoms with Crippen LogP contribution < -0.4 is 5.73 Å². The molecule has 0 bridgehead atoms. The Bertz CT molecular complexity index is 398. The molecule has 1 unspecified atom stereocenters. The SMILES string of the molecule is CC(CC#N)N(C)Cc1cccc(N)c1F. The predicted molar refractivity (Wildman–Crippen MR) is 62.0 cm³/mol. The second-order valence-corrected chi connectivity index (χ2v) is 3.95. The summed E-state index contributed by atoms with van der Waals surface area (Å²) in [5, 5.41) is 8.58. The van der Waals surface area contributed by atoms with E-state index in [0.717, 1.165) is 0 Å². The Morgan fingerprint density at radius 1 is 1.56 bits per heavy atom. The Balaban J connectivity index is 2.74. The summed E-state index contributed by atoms with van der Waals surface area (Å²) < 4.78 is 13.6. The van der Waals surface area contributed by atoms with Gasteiger partial charge >= 0.3 is 0 Å². The lowest BCUT2D eigenvalue weighted by Gasteiger charge is -2.22. The van der Waals surface area contributed by atoms with Crippen molar-refractivity contribution in [3.63, 3.8) is 0 Å². The Labute approximate surface area is 95.3 Å². The van der Waals surface area contributed by atoms with Gasteiger partial charge in [0.15, 0.2) is 5.82 Å². The van der Waals surface area contributed by atoms with Crippen molar-refractivity contribution in [1.82, 2.24) is 4.90 Å². The summed E-state index contributed by atoms with van der Waals surface area (Å²) in [5.41, 5.74) is 6.21. The van der Waals surface area contributed by atoms with Crippen molar-refractivity contribution < 1.29 is 4.39 Å². The number of nitriles is 1. The summed E-state index contributed by atoms with van der Waals surface area (Å²) in [6.07, 6.45) is 0.431. The van der Waals surface area contributed by atoms with E-state index in [1.54, 1.807) is 12.1 Å². The van der Waals surface area contributed by atoms with E-state index in [9.17, 15) is 4.39 Å². The van der Waals surface area contributed by atoms with E-state index in [4.69, 9.17) is 11.0 Å². The van der Waals surface area contributed by atoms with Crippen molar-refractivity contribution in [2.45, 2.75) is 25.9 Å². The maximum absolute atomic E-state index is 13.6. The zero-order valence-electron chi connectivity index (χ0n) is 9.57. The number of halogens is 1. The number of hydrogen-bond donors (Lipinski definition) is 1. The van der Waals surface area contributed by atoms with Crippen LogP contribution in [0.2, 0.25) is 0 Å². The fourth-order valence-corrected chi connectivity index (χ4v) is 1.43. The van der Waals surface area contributed by atoms with Gasteiger partial charge < -0.3 is 5.73 Å². The Kier molecular flexibility index (Phi) is 4.27. The van der Waals surface area contributed by atoms with E-state index >= 15 is 0 Å². The average Bonchev–Trinajstić information content (AvgIpc) is 2.25. The van der Waals surface area contributed by atoms with Crippen molar-refractivity contribution in [1.29, 1.82) is 5.26 Å². The van der Waals surface area contributed by atoms with Gasteiger partial charge in [-0.1, -0.05) is 12.1 Å². The molecule has 1 aromatic carbocycles. The molecule has 0 aliphatic rings. The van der Waals surface area contributed by atoms with Crippen molar-refractivity contribution >= 4 is 5.69 Å². The molecule has 0 aliphatic carbocycles. The van der Waals surface area contributed by atoms with Gasteiger partial charge in [-0.05, 0) is 20.0 Å². The lowest BCUT2D eigenvalue weighted by Crippen LogP contribution is -2.28. The minimum Gasteiger partial charge on any atom is -0.396 e. The molecule has 2 N–H and O–H groups in total. The number of benzene rings is 1. The zero-order chi connectivity index (χ0) is 12.1. The standard InChI is InChI=1S/C12H16FN3/c1-9(6-7-14)16(2)8-10-4-3-5-11(15)12(10)13/h3-5,9H,6,8,15H2,1-2H3. The average molecular weight is 221 g/mol. The molecule has 0 amide bonds. The second-order valence-electron chi connectivity index (χ2n) is 3.95. The van der Waals surface area contributed by atoms with Crippen molar-refractivity contribution in [3.05, 3.63) is 29.6 Å². The Morgan fingerprint density at radius 3 is 2.88 bits per heavy atom. The van der Waals surface area contributed by atoms with Gasteiger partial charge in [0.2, 0.25) is 0 Å². The van der Waals surface area contributed by atoms with Crippen molar-refractivity contribution in [2.24, 2.45) is 0 Å². The van der Waals surface area contributed by atoms with E-state index in [1.165, 1.54) is 6.07 Å². The molecule has 86 valence electrons. The first-order valence-electron chi connectivity index (χ1n) is 5.16. The molecule has 0 fully saturated rings. The first-order chi connectivity index (χ1) is 7.56. The summed E-state index contributed by atoms with van der Waals surface area (Å²) >= 11 is 0. The van der Waals surface area contributed by atoms with Gasteiger partial charge in [-0.15, -0.1) is 0 Å². The van der Waals surface area contributed by atoms with E-state index in [0.29, 0.717) is 18.5 Å². The summed E-state index contributed by atoms with van der Waals surface area (Å²) in [4.78, 5) is 1.93. The van der Waals surface area contributed by atoms with Gasteiger partial charge in [0.05, 0.1) is 18.2 Å². The maximum Gasteiger partial charge on any atom is 0.150 e. The molecular formula is C12H16FN3. The first kappa shape index (κ1) is 12.5. The highest BCUT2D eigenvalue weighted by Crippen LogP contribution is 2.17. The number of hydrogen-bond acceptors (Lipinski definition) is 3. The van der Waals surface area contributed by atoms with E-state index in [2.05, 4.69) is 6.07 Å². The number of nitrogen functional groups attached to an aromatic ring is 1. The second kappa shape index (κ2) is 5.47. The smallest absolute Gasteiger partial charge is 0.150 e. The fraction of sp³-hybridized carbons (Fsp3) is 0.417. The van der Waals surface area contributed by atoms with Crippen LogP contribution in [0.3, 0.4) is 0 Å². The molecule has 1 aromatic rings. The molecule has 4 heteroatoms. The topological polar surface area (TPSA) is 53.0 Å². The highest BCUT2D eigenvalue weighted by atomic mass is 19.1. The van der Waals surface area contributed by atoms with Gasteiger partial charge in [-0.3, -0.25) is 4.90 Å². The highest BCUT2D eigenvalue weighted by molar-refractivity contribution is 5.42. The van der Waals surface area contributed by atoms with Crippen LogP contribution in [-0.4, -0.2) is 18.0 Å². The molecule has 0 saturated heterocycles. The van der Waals surface area contributed by atoms with Crippen LogP contribution in [0.25, 0.3) is 0 Å². The summed E-state index contributed by atoms with van der Waals surface area (Å²) in [5.74, 6) is -0.362. The van der Waals surface area contributed by atoms with Crippen LogP contribution in [-0.2, 0) is 6.54 Å². The van der Waals surface area contributed by atoms with Gasteiger partial charge in [0, 0.05) is 18.2 Å². The quantitative estimate of drug-likeness (QED) is 0.792. The molecule has 0 aliphatic heterocycles. The number of anilines is 1. The summed E-state index contributed by atoms with van der Waals surface area (Å²) in [6, 6.07) is 7.18. The molecule has 0 spiro atoms. The van der Waals surface area contributed by atoms with Crippen LogP contribution in [0.15, 0.2) is 18.2 Å². The van der Waals surface area contributed by atoms with Gasteiger partial charge in [0.1, 0.15) is 0 Å². The zero-order valence-corrected chi connectivity index (χ0v) is 9.57. The molecule has 1 atom stereocenters. The lowest BCUT2D eigenvalue weighted by molar-refractivity contribution is 0.249. The van der Waals surface area contributed by atoms with Crippen molar-refractivity contribution in [3.8, 4) is 6.07 Å². The van der Waals surface area contributed by atoms with E-state index in [-0.39, 0.29) is 17.5 Å². The van der Waals surface area contributed by atoms with Gasteiger partial charge in [-0.2, -0.15) is 5.26 Å². The minimum absolute atomic E-state index is 0.103. The fourth-order valence-electron chi connectivity index (χ4n) is 1.43. The lowest BCUT2D eigenvalue weighted by atomic mass is 10.1. The Morgan fingerprint density at radius 2 is 2.25 bits per heavy atom. The molecule has 0 aromatic heterocycles. The minimum atomic E-state index is -0.362. The van der Waals surface area contributed by atoms with Crippen LogP contribution in [0.5, 0.6) is 0 Å². The van der Waals surface area contributed by atoms with Crippen LogP contribution in [0, 0.1) is 17.1 Å². The largest absolute Gasteiger partial charge is 0.396 e. The Hall–Kier alpha value is -1.60. The molecule has 16 heavy (non-hydrogen) atoms. The molecule has 3 nitrogen and oxygen atoms in total.